The lowest BCUT2D eigenvalue weighted by Gasteiger charge is -2.14. The zero-order valence-corrected chi connectivity index (χ0v) is 11.8. The zero-order valence-electron chi connectivity index (χ0n) is 11.0. The van der Waals surface area contributed by atoms with E-state index in [1.54, 1.807) is 7.05 Å². The SMILES string of the molecule is CCOC(=O)C(CCSCc1ccccc1)NC. The highest BCUT2D eigenvalue weighted by Crippen LogP contribution is 2.13. The van der Waals surface area contributed by atoms with Crippen LogP contribution in [0.2, 0.25) is 0 Å². The number of benzene rings is 1. The first-order chi connectivity index (χ1) is 8.77. The molecule has 0 bridgehead atoms. The van der Waals surface area contributed by atoms with Gasteiger partial charge < -0.3 is 10.1 Å². The number of likely N-dealkylation sites (N-methyl/N-ethyl adjacent to an activating group) is 1. The van der Waals surface area contributed by atoms with Gasteiger partial charge in [-0.15, -0.1) is 0 Å². The summed E-state index contributed by atoms with van der Waals surface area (Å²) in [5.41, 5.74) is 1.32. The summed E-state index contributed by atoms with van der Waals surface area (Å²) in [6.07, 6.45) is 0.798. The fourth-order valence-corrected chi connectivity index (χ4v) is 2.56. The second-order valence-electron chi connectivity index (χ2n) is 3.92. The zero-order chi connectivity index (χ0) is 13.2. The van der Waals surface area contributed by atoms with Gasteiger partial charge in [0.15, 0.2) is 0 Å². The summed E-state index contributed by atoms with van der Waals surface area (Å²) in [6.45, 7) is 2.27. The third-order valence-electron chi connectivity index (χ3n) is 2.58. The Morgan fingerprint density at radius 2 is 2.11 bits per heavy atom. The average Bonchev–Trinajstić information content (AvgIpc) is 2.40. The summed E-state index contributed by atoms with van der Waals surface area (Å²) in [5.74, 6) is 1.78. The summed E-state index contributed by atoms with van der Waals surface area (Å²) in [6, 6.07) is 10.2. The molecule has 0 aliphatic heterocycles. The van der Waals surface area contributed by atoms with Crippen LogP contribution in [0.3, 0.4) is 0 Å². The molecule has 3 nitrogen and oxygen atoms in total. The maximum atomic E-state index is 11.5. The van der Waals surface area contributed by atoms with Crippen molar-refractivity contribution in [2.45, 2.75) is 25.1 Å². The number of esters is 1. The molecule has 0 aliphatic rings. The van der Waals surface area contributed by atoms with Crippen LogP contribution in [0.5, 0.6) is 0 Å². The molecule has 0 spiro atoms. The standard InChI is InChI=1S/C14H21NO2S/c1-3-17-14(16)13(15-2)9-10-18-11-12-7-5-4-6-8-12/h4-8,13,15H,3,9-11H2,1-2H3. The lowest BCUT2D eigenvalue weighted by atomic mass is 10.2. The van der Waals surface area contributed by atoms with Gasteiger partial charge in [0.2, 0.25) is 0 Å². The van der Waals surface area contributed by atoms with Crippen LogP contribution in [0, 0.1) is 0 Å². The third-order valence-corrected chi connectivity index (χ3v) is 3.64. The number of nitrogens with one attached hydrogen (secondary N) is 1. The van der Waals surface area contributed by atoms with E-state index in [-0.39, 0.29) is 12.0 Å². The van der Waals surface area contributed by atoms with Crippen molar-refractivity contribution >= 4 is 17.7 Å². The Bertz CT molecular complexity index is 343. The highest BCUT2D eigenvalue weighted by molar-refractivity contribution is 7.98. The highest BCUT2D eigenvalue weighted by Gasteiger charge is 2.16. The fraction of sp³-hybridized carbons (Fsp3) is 0.500. The Balaban J connectivity index is 2.21. The van der Waals surface area contributed by atoms with Gasteiger partial charge >= 0.3 is 5.97 Å². The van der Waals surface area contributed by atoms with E-state index in [1.807, 2.05) is 36.9 Å². The normalized spacial score (nSPS) is 12.1. The van der Waals surface area contributed by atoms with Gasteiger partial charge in [0.1, 0.15) is 6.04 Å². The van der Waals surface area contributed by atoms with E-state index in [2.05, 4.69) is 17.4 Å². The third kappa shape index (κ3) is 5.56. The molecule has 0 saturated heterocycles. The van der Waals surface area contributed by atoms with Crippen LogP contribution in [-0.4, -0.2) is 31.4 Å². The van der Waals surface area contributed by atoms with Crippen LogP contribution in [-0.2, 0) is 15.3 Å². The second-order valence-corrected chi connectivity index (χ2v) is 5.03. The van der Waals surface area contributed by atoms with Crippen LogP contribution < -0.4 is 5.32 Å². The van der Waals surface area contributed by atoms with Crippen molar-refractivity contribution < 1.29 is 9.53 Å². The molecule has 4 heteroatoms. The van der Waals surface area contributed by atoms with Crippen LogP contribution in [0.25, 0.3) is 0 Å². The molecule has 18 heavy (non-hydrogen) atoms. The Kier molecular flexibility index (Phi) is 7.53. The molecule has 1 unspecified atom stereocenters. The quantitative estimate of drug-likeness (QED) is 0.580. The van der Waals surface area contributed by atoms with E-state index in [0.29, 0.717) is 6.61 Å². The van der Waals surface area contributed by atoms with E-state index >= 15 is 0 Å². The first kappa shape index (κ1) is 15.1. The van der Waals surface area contributed by atoms with Gasteiger partial charge in [-0.25, -0.2) is 0 Å². The predicted octanol–water partition coefficient (Wildman–Crippen LogP) is 2.46. The molecule has 0 heterocycles. The van der Waals surface area contributed by atoms with Gasteiger partial charge in [0.25, 0.3) is 0 Å². The molecule has 0 aromatic heterocycles. The Morgan fingerprint density at radius 3 is 2.72 bits per heavy atom. The van der Waals surface area contributed by atoms with E-state index < -0.39 is 0 Å². The van der Waals surface area contributed by atoms with Crippen molar-refractivity contribution in [1.82, 2.24) is 5.32 Å². The average molecular weight is 267 g/mol. The Hall–Kier alpha value is -1.00. The van der Waals surface area contributed by atoms with Crippen molar-refractivity contribution in [2.24, 2.45) is 0 Å². The maximum Gasteiger partial charge on any atom is 0.323 e. The summed E-state index contributed by atoms with van der Waals surface area (Å²) in [5, 5.41) is 3.00. The minimum atomic E-state index is -0.187. The molecule has 0 saturated carbocycles. The van der Waals surface area contributed by atoms with Gasteiger partial charge in [-0.05, 0) is 31.7 Å². The van der Waals surface area contributed by atoms with E-state index in [0.717, 1.165) is 17.9 Å². The van der Waals surface area contributed by atoms with Crippen molar-refractivity contribution in [3.8, 4) is 0 Å². The smallest absolute Gasteiger partial charge is 0.323 e. The summed E-state index contributed by atoms with van der Waals surface area (Å²) in [4.78, 5) is 11.5. The number of thioether (sulfide) groups is 1. The molecule has 0 amide bonds. The van der Waals surface area contributed by atoms with Crippen LogP contribution >= 0.6 is 11.8 Å². The maximum absolute atomic E-state index is 11.5. The van der Waals surface area contributed by atoms with Crippen molar-refractivity contribution in [3.63, 3.8) is 0 Å². The lowest BCUT2D eigenvalue weighted by molar-refractivity contribution is -0.145. The van der Waals surface area contributed by atoms with Gasteiger partial charge in [-0.2, -0.15) is 11.8 Å². The van der Waals surface area contributed by atoms with E-state index in [9.17, 15) is 4.79 Å². The molecule has 1 aromatic rings. The molecule has 0 radical (unpaired) electrons. The van der Waals surface area contributed by atoms with E-state index in [1.165, 1.54) is 5.56 Å². The minimum absolute atomic E-state index is 0.152. The number of carbonyl (C=O) groups is 1. The first-order valence-corrected chi connectivity index (χ1v) is 7.39. The molecule has 1 atom stereocenters. The number of carbonyl (C=O) groups excluding carboxylic acids is 1. The number of hydrogen-bond acceptors (Lipinski definition) is 4. The molecule has 1 rings (SSSR count). The Labute approximate surface area is 113 Å². The fourth-order valence-electron chi connectivity index (χ4n) is 1.59. The molecule has 1 N–H and O–H groups in total. The predicted molar refractivity (Wildman–Crippen MR) is 76.7 cm³/mol. The van der Waals surface area contributed by atoms with Crippen LogP contribution in [0.1, 0.15) is 18.9 Å². The van der Waals surface area contributed by atoms with Crippen molar-refractivity contribution in [3.05, 3.63) is 35.9 Å². The van der Waals surface area contributed by atoms with Crippen molar-refractivity contribution in [2.75, 3.05) is 19.4 Å². The summed E-state index contributed by atoms with van der Waals surface area (Å²) >= 11 is 1.84. The topological polar surface area (TPSA) is 38.3 Å². The number of hydrogen-bond donors (Lipinski definition) is 1. The summed E-state index contributed by atoms with van der Waals surface area (Å²) < 4.78 is 5.00. The van der Waals surface area contributed by atoms with Gasteiger partial charge in [-0.1, -0.05) is 30.3 Å². The molecule has 0 fully saturated rings. The molecular weight excluding hydrogens is 246 g/mol. The van der Waals surface area contributed by atoms with E-state index in [4.69, 9.17) is 4.74 Å². The molecule has 100 valence electrons. The largest absolute Gasteiger partial charge is 0.465 e. The molecule has 0 aliphatic carbocycles. The molecular formula is C14H21NO2S. The molecule has 1 aromatic carbocycles. The highest BCUT2D eigenvalue weighted by atomic mass is 32.2. The second kappa shape index (κ2) is 9.00. The van der Waals surface area contributed by atoms with Crippen LogP contribution in [0.4, 0.5) is 0 Å². The minimum Gasteiger partial charge on any atom is -0.465 e. The van der Waals surface area contributed by atoms with Crippen LogP contribution in [0.15, 0.2) is 30.3 Å². The number of ether oxygens (including phenoxy) is 1. The van der Waals surface area contributed by atoms with Gasteiger partial charge in [0, 0.05) is 5.75 Å². The van der Waals surface area contributed by atoms with Gasteiger partial charge in [-0.3, -0.25) is 4.79 Å². The first-order valence-electron chi connectivity index (χ1n) is 6.23. The Morgan fingerprint density at radius 1 is 1.39 bits per heavy atom. The monoisotopic (exact) mass is 267 g/mol. The number of rotatable bonds is 8. The van der Waals surface area contributed by atoms with Gasteiger partial charge in [0.05, 0.1) is 6.61 Å². The van der Waals surface area contributed by atoms with Crippen molar-refractivity contribution in [1.29, 1.82) is 0 Å². The lowest BCUT2D eigenvalue weighted by Crippen LogP contribution is -2.36. The summed E-state index contributed by atoms with van der Waals surface area (Å²) in [7, 11) is 1.80.